The average molecular weight is 438 g/mol. The molecule has 0 aliphatic carbocycles. The number of aromatic nitrogens is 2. The van der Waals surface area contributed by atoms with Gasteiger partial charge in [-0.15, -0.1) is 0 Å². The smallest absolute Gasteiger partial charge is 0.326 e. The number of carbonyl (C=O) groups is 3. The van der Waals surface area contributed by atoms with Crippen molar-refractivity contribution in [1.82, 2.24) is 15.3 Å². The summed E-state index contributed by atoms with van der Waals surface area (Å²) in [6, 6.07) is 10.7. The summed E-state index contributed by atoms with van der Waals surface area (Å²) in [6.07, 6.45) is -0.565. The molecule has 0 saturated heterocycles. The molecule has 2 aromatic carbocycles. The Bertz CT molecular complexity index is 1170. The van der Waals surface area contributed by atoms with Gasteiger partial charge in [-0.25, -0.2) is 9.78 Å². The number of nitrogen functional groups attached to an aromatic ring is 2. The van der Waals surface area contributed by atoms with Crippen molar-refractivity contribution in [1.29, 1.82) is 0 Å². The van der Waals surface area contributed by atoms with Crippen molar-refractivity contribution >= 4 is 46.2 Å². The Morgan fingerprint density at radius 2 is 1.72 bits per heavy atom. The second-order valence-corrected chi connectivity index (χ2v) is 7.05. The number of carboxylic acids is 2. The second kappa shape index (κ2) is 9.60. The molecular formula is C21H22N6O5. The molecule has 0 aliphatic rings. The molecule has 1 heterocycles. The predicted molar refractivity (Wildman–Crippen MR) is 118 cm³/mol. The molecule has 1 amide bonds. The normalized spacial score (nSPS) is 11.6. The van der Waals surface area contributed by atoms with Crippen LogP contribution in [0.2, 0.25) is 0 Å². The van der Waals surface area contributed by atoms with Gasteiger partial charge >= 0.3 is 11.9 Å². The first-order valence-electron chi connectivity index (χ1n) is 9.64. The number of carbonyl (C=O) groups excluding carboxylic acids is 1. The van der Waals surface area contributed by atoms with Gasteiger partial charge in [0.05, 0.1) is 5.52 Å². The molecule has 11 nitrogen and oxygen atoms in total. The molecule has 0 unspecified atom stereocenters. The van der Waals surface area contributed by atoms with Crippen LogP contribution in [-0.4, -0.2) is 44.1 Å². The van der Waals surface area contributed by atoms with E-state index in [9.17, 15) is 14.4 Å². The van der Waals surface area contributed by atoms with Crippen molar-refractivity contribution in [2.45, 2.75) is 25.4 Å². The van der Waals surface area contributed by atoms with Crippen LogP contribution in [0.4, 0.5) is 17.5 Å². The number of fused-ring (bicyclic) bond motifs is 1. The van der Waals surface area contributed by atoms with Gasteiger partial charge in [0, 0.05) is 29.6 Å². The number of anilines is 3. The van der Waals surface area contributed by atoms with Crippen LogP contribution in [0.5, 0.6) is 0 Å². The molecule has 11 heteroatoms. The number of hydrogen-bond donors (Lipinski definition) is 6. The maximum absolute atomic E-state index is 12.3. The number of nitrogens with one attached hydrogen (secondary N) is 2. The highest BCUT2D eigenvalue weighted by atomic mass is 16.4. The zero-order chi connectivity index (χ0) is 23.3. The van der Waals surface area contributed by atoms with Gasteiger partial charge in [0.15, 0.2) is 0 Å². The Morgan fingerprint density at radius 1 is 1.00 bits per heavy atom. The van der Waals surface area contributed by atoms with Gasteiger partial charge < -0.3 is 32.3 Å². The summed E-state index contributed by atoms with van der Waals surface area (Å²) in [5.41, 5.74) is 14.1. The van der Waals surface area contributed by atoms with Crippen molar-refractivity contribution in [3.05, 3.63) is 53.6 Å². The van der Waals surface area contributed by atoms with Crippen molar-refractivity contribution in [2.75, 3.05) is 16.8 Å². The first-order chi connectivity index (χ1) is 15.2. The van der Waals surface area contributed by atoms with E-state index in [1.165, 1.54) is 0 Å². The van der Waals surface area contributed by atoms with Gasteiger partial charge in [0.25, 0.3) is 5.91 Å². The summed E-state index contributed by atoms with van der Waals surface area (Å²) in [5, 5.41) is 24.1. The van der Waals surface area contributed by atoms with Gasteiger partial charge in [0.1, 0.15) is 11.9 Å². The van der Waals surface area contributed by atoms with E-state index in [4.69, 9.17) is 21.7 Å². The van der Waals surface area contributed by atoms with Gasteiger partial charge in [-0.1, -0.05) is 6.07 Å². The summed E-state index contributed by atoms with van der Waals surface area (Å²) < 4.78 is 0. The maximum atomic E-state index is 12.3. The molecule has 1 aromatic heterocycles. The lowest BCUT2D eigenvalue weighted by molar-refractivity contribution is -0.140. The third-order valence-electron chi connectivity index (χ3n) is 4.70. The van der Waals surface area contributed by atoms with Crippen LogP contribution in [-0.2, 0) is 16.1 Å². The second-order valence-electron chi connectivity index (χ2n) is 7.05. The summed E-state index contributed by atoms with van der Waals surface area (Å²) >= 11 is 0. The van der Waals surface area contributed by atoms with Crippen molar-refractivity contribution < 1.29 is 24.6 Å². The molecule has 8 N–H and O–H groups in total. The third-order valence-corrected chi connectivity index (χ3v) is 4.70. The highest BCUT2D eigenvalue weighted by molar-refractivity contribution is 5.97. The molecule has 1 atom stereocenters. The highest BCUT2D eigenvalue weighted by Gasteiger charge is 2.21. The Labute approximate surface area is 182 Å². The Balaban J connectivity index is 1.62. The number of rotatable bonds is 9. The van der Waals surface area contributed by atoms with Crippen LogP contribution in [0.3, 0.4) is 0 Å². The zero-order valence-corrected chi connectivity index (χ0v) is 16.9. The van der Waals surface area contributed by atoms with E-state index in [1.807, 2.05) is 12.1 Å². The van der Waals surface area contributed by atoms with E-state index in [0.29, 0.717) is 23.3 Å². The molecule has 0 aliphatic heterocycles. The monoisotopic (exact) mass is 438 g/mol. The summed E-state index contributed by atoms with van der Waals surface area (Å²) in [4.78, 5) is 42.3. The Morgan fingerprint density at radius 3 is 2.38 bits per heavy atom. The van der Waals surface area contributed by atoms with Crippen molar-refractivity contribution in [2.24, 2.45) is 0 Å². The Hall–Kier alpha value is -4.41. The molecule has 3 rings (SSSR count). The summed E-state index contributed by atoms with van der Waals surface area (Å²) in [7, 11) is 0. The topological polar surface area (TPSA) is 194 Å². The quantitative estimate of drug-likeness (QED) is 0.285. The van der Waals surface area contributed by atoms with Crippen molar-refractivity contribution in [3.8, 4) is 0 Å². The fourth-order valence-corrected chi connectivity index (χ4v) is 3.04. The molecular weight excluding hydrogens is 416 g/mol. The van der Waals surface area contributed by atoms with Gasteiger partial charge in [-0.2, -0.15) is 4.98 Å². The number of aliphatic carboxylic acids is 2. The minimum absolute atomic E-state index is 0.113. The molecule has 0 radical (unpaired) electrons. The number of nitrogens with two attached hydrogens (primary N) is 2. The van der Waals surface area contributed by atoms with E-state index in [1.54, 1.807) is 30.3 Å². The van der Waals surface area contributed by atoms with E-state index in [0.717, 1.165) is 11.3 Å². The third kappa shape index (κ3) is 5.59. The average Bonchev–Trinajstić information content (AvgIpc) is 2.75. The number of benzene rings is 2. The van der Waals surface area contributed by atoms with Crippen LogP contribution in [0.1, 0.15) is 28.8 Å². The van der Waals surface area contributed by atoms with Gasteiger partial charge in [-0.05, 0) is 48.4 Å². The van der Waals surface area contributed by atoms with E-state index < -0.39 is 23.9 Å². The van der Waals surface area contributed by atoms with Crippen LogP contribution in [0, 0.1) is 0 Å². The SMILES string of the molecule is Nc1nc(N)c2cc(CNc3ccc(C(=O)N[C@@H](CCC(=O)O)C(=O)O)cc3)ccc2n1. The number of hydrogen-bond acceptors (Lipinski definition) is 8. The highest BCUT2D eigenvalue weighted by Crippen LogP contribution is 2.21. The van der Waals surface area contributed by atoms with Gasteiger partial charge in [-0.3, -0.25) is 9.59 Å². The molecule has 32 heavy (non-hydrogen) atoms. The Kier molecular flexibility index (Phi) is 6.68. The van der Waals surface area contributed by atoms with E-state index in [2.05, 4.69) is 20.6 Å². The van der Waals surface area contributed by atoms with Crippen LogP contribution >= 0.6 is 0 Å². The lowest BCUT2D eigenvalue weighted by Crippen LogP contribution is -2.41. The fourth-order valence-electron chi connectivity index (χ4n) is 3.04. The first-order valence-corrected chi connectivity index (χ1v) is 9.64. The minimum Gasteiger partial charge on any atom is -0.481 e. The van der Waals surface area contributed by atoms with Crippen molar-refractivity contribution in [3.63, 3.8) is 0 Å². The molecule has 0 bridgehead atoms. The molecule has 3 aromatic rings. The maximum Gasteiger partial charge on any atom is 0.326 e. The minimum atomic E-state index is -1.29. The van der Waals surface area contributed by atoms with E-state index >= 15 is 0 Å². The van der Waals surface area contributed by atoms with Gasteiger partial charge in [0.2, 0.25) is 5.95 Å². The molecule has 0 saturated carbocycles. The van der Waals surface area contributed by atoms with Crippen LogP contribution in [0.25, 0.3) is 10.9 Å². The molecule has 166 valence electrons. The number of carboxylic acid groups (broad SMARTS) is 2. The fraction of sp³-hybridized carbons (Fsp3) is 0.190. The number of nitrogens with zero attached hydrogens (tertiary/aromatic N) is 2. The lowest BCUT2D eigenvalue weighted by atomic mass is 10.1. The summed E-state index contributed by atoms with van der Waals surface area (Å²) in [6.45, 7) is 0.474. The predicted octanol–water partition coefficient (Wildman–Crippen LogP) is 1.45. The molecule has 0 spiro atoms. The first kappa shape index (κ1) is 22.3. The largest absolute Gasteiger partial charge is 0.481 e. The molecule has 0 fully saturated rings. The lowest BCUT2D eigenvalue weighted by Gasteiger charge is -2.14. The summed E-state index contributed by atoms with van der Waals surface area (Å²) in [5.74, 6) is -2.61. The van der Waals surface area contributed by atoms with Crippen LogP contribution < -0.4 is 22.1 Å². The standard InChI is InChI=1S/C21H22N6O5/c22-18-14-9-11(1-6-15(14)26-21(23)27-18)10-24-13-4-2-12(3-5-13)19(30)25-16(20(31)32)7-8-17(28)29/h1-6,9,16,24H,7-8,10H2,(H,25,30)(H,28,29)(H,31,32)(H4,22,23,26,27)/t16-/m0/s1. The van der Waals surface area contributed by atoms with Crippen LogP contribution in [0.15, 0.2) is 42.5 Å². The van der Waals surface area contributed by atoms with E-state index in [-0.39, 0.29) is 24.4 Å². The number of amides is 1. The zero-order valence-electron chi connectivity index (χ0n) is 16.9.